The molecular formula is C13H27NO4S. The maximum atomic E-state index is 11.3. The van der Waals surface area contributed by atoms with Crippen molar-refractivity contribution in [1.82, 2.24) is 5.32 Å². The van der Waals surface area contributed by atoms with Gasteiger partial charge in [0.1, 0.15) is 12.2 Å². The predicted octanol–water partition coefficient (Wildman–Crippen LogP) is 1.31. The van der Waals surface area contributed by atoms with Gasteiger partial charge in [-0.05, 0) is 33.3 Å². The van der Waals surface area contributed by atoms with Gasteiger partial charge in [0.15, 0.2) is 0 Å². The SMILES string of the molecule is CC(C)(C)OC(=O)COCC1COCCN1.CSC. The maximum Gasteiger partial charge on any atom is 0.332 e. The van der Waals surface area contributed by atoms with Crippen LogP contribution in [-0.2, 0) is 19.0 Å². The highest BCUT2D eigenvalue weighted by Crippen LogP contribution is 2.06. The van der Waals surface area contributed by atoms with Crippen molar-refractivity contribution in [2.75, 3.05) is 45.5 Å². The molecule has 0 aliphatic carbocycles. The Labute approximate surface area is 120 Å². The summed E-state index contributed by atoms with van der Waals surface area (Å²) in [6.07, 6.45) is 4.08. The Balaban J connectivity index is 0.000000982. The van der Waals surface area contributed by atoms with E-state index < -0.39 is 5.60 Å². The number of rotatable bonds is 4. The van der Waals surface area contributed by atoms with E-state index in [1.807, 2.05) is 33.3 Å². The Hall–Kier alpha value is -0.300. The molecule has 0 saturated carbocycles. The zero-order valence-corrected chi connectivity index (χ0v) is 13.5. The first-order valence-corrected chi connectivity index (χ1v) is 8.03. The van der Waals surface area contributed by atoms with E-state index in [-0.39, 0.29) is 18.6 Å². The molecule has 0 spiro atoms. The van der Waals surface area contributed by atoms with Crippen LogP contribution in [0, 0.1) is 0 Å². The molecule has 0 aromatic carbocycles. The molecule has 19 heavy (non-hydrogen) atoms. The molecule has 1 unspecified atom stereocenters. The summed E-state index contributed by atoms with van der Waals surface area (Å²) in [7, 11) is 0. The van der Waals surface area contributed by atoms with Crippen LogP contribution < -0.4 is 5.32 Å². The van der Waals surface area contributed by atoms with Crippen LogP contribution in [0.2, 0.25) is 0 Å². The fourth-order valence-electron chi connectivity index (χ4n) is 1.38. The average molecular weight is 293 g/mol. The minimum absolute atomic E-state index is 0.00451. The van der Waals surface area contributed by atoms with Crippen molar-refractivity contribution in [2.45, 2.75) is 32.4 Å². The standard InChI is InChI=1S/C11H21NO4.C2H6S/c1-11(2,3)16-10(13)8-15-7-9-6-14-5-4-12-9;1-3-2/h9,12H,4-8H2,1-3H3;1-2H3. The van der Waals surface area contributed by atoms with Crippen LogP contribution in [0.1, 0.15) is 20.8 Å². The molecule has 6 heteroatoms. The largest absolute Gasteiger partial charge is 0.458 e. The first kappa shape index (κ1) is 18.7. The van der Waals surface area contributed by atoms with E-state index in [1.165, 1.54) is 0 Å². The van der Waals surface area contributed by atoms with Crippen LogP contribution in [0.5, 0.6) is 0 Å². The normalized spacial score (nSPS) is 19.3. The average Bonchev–Trinajstić information content (AvgIpc) is 2.29. The monoisotopic (exact) mass is 293 g/mol. The number of nitrogens with one attached hydrogen (secondary N) is 1. The van der Waals surface area contributed by atoms with Crippen molar-refractivity contribution in [2.24, 2.45) is 0 Å². The van der Waals surface area contributed by atoms with E-state index >= 15 is 0 Å². The van der Waals surface area contributed by atoms with E-state index in [2.05, 4.69) is 5.32 Å². The van der Waals surface area contributed by atoms with E-state index in [1.54, 1.807) is 11.8 Å². The number of hydrogen-bond donors (Lipinski definition) is 1. The Morgan fingerprint density at radius 3 is 2.53 bits per heavy atom. The summed E-state index contributed by atoms with van der Waals surface area (Å²) in [5.41, 5.74) is -0.452. The highest BCUT2D eigenvalue weighted by Gasteiger charge is 2.17. The van der Waals surface area contributed by atoms with Crippen LogP contribution in [-0.4, -0.2) is 63.1 Å². The third kappa shape index (κ3) is 12.5. The van der Waals surface area contributed by atoms with Crippen molar-refractivity contribution >= 4 is 17.7 Å². The lowest BCUT2D eigenvalue weighted by molar-refractivity contribution is -0.160. The molecule has 1 saturated heterocycles. The molecule has 1 heterocycles. The van der Waals surface area contributed by atoms with E-state index in [0.29, 0.717) is 13.2 Å². The zero-order chi connectivity index (χ0) is 14.7. The van der Waals surface area contributed by atoms with E-state index in [0.717, 1.165) is 13.2 Å². The number of carbonyl (C=O) groups excluding carboxylic acids is 1. The van der Waals surface area contributed by atoms with Gasteiger partial charge in [0.2, 0.25) is 0 Å². The van der Waals surface area contributed by atoms with Gasteiger partial charge in [-0.3, -0.25) is 0 Å². The Bertz CT molecular complexity index is 237. The van der Waals surface area contributed by atoms with Crippen LogP contribution in [0.25, 0.3) is 0 Å². The third-order valence-electron chi connectivity index (χ3n) is 1.96. The third-order valence-corrected chi connectivity index (χ3v) is 1.96. The molecule has 0 bridgehead atoms. The van der Waals surface area contributed by atoms with Crippen molar-refractivity contribution in [3.63, 3.8) is 0 Å². The predicted molar refractivity (Wildman–Crippen MR) is 78.7 cm³/mol. The molecule has 0 radical (unpaired) electrons. The zero-order valence-electron chi connectivity index (χ0n) is 12.7. The summed E-state index contributed by atoms with van der Waals surface area (Å²) >= 11 is 1.75. The first-order chi connectivity index (χ1) is 8.89. The lowest BCUT2D eigenvalue weighted by Gasteiger charge is -2.24. The van der Waals surface area contributed by atoms with Crippen molar-refractivity contribution in [3.8, 4) is 0 Å². The topological polar surface area (TPSA) is 56.8 Å². The second-order valence-electron chi connectivity index (χ2n) is 5.24. The van der Waals surface area contributed by atoms with Gasteiger partial charge in [-0.2, -0.15) is 11.8 Å². The van der Waals surface area contributed by atoms with Gasteiger partial charge in [0.25, 0.3) is 0 Å². The summed E-state index contributed by atoms with van der Waals surface area (Å²) in [6.45, 7) is 8.18. The van der Waals surface area contributed by atoms with Crippen LogP contribution in [0.4, 0.5) is 0 Å². The molecule has 1 aliphatic rings. The maximum absolute atomic E-state index is 11.3. The number of carbonyl (C=O) groups is 1. The molecule has 0 amide bonds. The van der Waals surface area contributed by atoms with Gasteiger partial charge in [-0.15, -0.1) is 0 Å². The molecule has 1 N–H and O–H groups in total. The summed E-state index contributed by atoms with van der Waals surface area (Å²) in [6, 6.07) is 0.177. The van der Waals surface area contributed by atoms with Gasteiger partial charge < -0.3 is 19.5 Å². The quantitative estimate of drug-likeness (QED) is 0.789. The van der Waals surface area contributed by atoms with Crippen molar-refractivity contribution in [1.29, 1.82) is 0 Å². The molecule has 0 aromatic rings. The smallest absolute Gasteiger partial charge is 0.332 e. The van der Waals surface area contributed by atoms with E-state index in [4.69, 9.17) is 14.2 Å². The fraction of sp³-hybridized carbons (Fsp3) is 0.923. The van der Waals surface area contributed by atoms with Gasteiger partial charge in [0, 0.05) is 6.54 Å². The summed E-state index contributed by atoms with van der Waals surface area (Å²) in [4.78, 5) is 11.3. The van der Waals surface area contributed by atoms with Crippen LogP contribution in [0.15, 0.2) is 0 Å². The molecular weight excluding hydrogens is 266 g/mol. The Morgan fingerprint density at radius 1 is 1.42 bits per heavy atom. The number of ether oxygens (including phenoxy) is 3. The molecule has 1 rings (SSSR count). The minimum atomic E-state index is -0.452. The van der Waals surface area contributed by atoms with Crippen LogP contribution in [0.3, 0.4) is 0 Å². The molecule has 0 aromatic heterocycles. The van der Waals surface area contributed by atoms with Gasteiger partial charge in [-0.1, -0.05) is 0 Å². The first-order valence-electron chi connectivity index (χ1n) is 6.40. The lowest BCUT2D eigenvalue weighted by Crippen LogP contribution is -2.44. The lowest BCUT2D eigenvalue weighted by atomic mass is 10.2. The Kier molecular flexibility index (Phi) is 10.3. The number of morpholine rings is 1. The van der Waals surface area contributed by atoms with Crippen molar-refractivity contribution < 1.29 is 19.0 Å². The molecule has 114 valence electrons. The highest BCUT2D eigenvalue weighted by atomic mass is 32.2. The Morgan fingerprint density at radius 2 is 2.05 bits per heavy atom. The molecule has 5 nitrogen and oxygen atoms in total. The van der Waals surface area contributed by atoms with Gasteiger partial charge >= 0.3 is 5.97 Å². The molecule has 1 fully saturated rings. The van der Waals surface area contributed by atoms with E-state index in [9.17, 15) is 4.79 Å². The molecule has 1 atom stereocenters. The molecule has 1 aliphatic heterocycles. The fourth-order valence-corrected chi connectivity index (χ4v) is 1.38. The second kappa shape index (κ2) is 10.5. The summed E-state index contributed by atoms with van der Waals surface area (Å²) in [5, 5.41) is 3.24. The van der Waals surface area contributed by atoms with Gasteiger partial charge in [0.05, 0.1) is 25.9 Å². The number of thioether (sulfide) groups is 1. The van der Waals surface area contributed by atoms with Gasteiger partial charge in [-0.25, -0.2) is 4.79 Å². The second-order valence-corrected chi connectivity index (χ2v) is 6.05. The summed E-state index contributed by atoms with van der Waals surface area (Å²) in [5.74, 6) is -0.329. The highest BCUT2D eigenvalue weighted by molar-refractivity contribution is 7.97. The summed E-state index contributed by atoms with van der Waals surface area (Å²) < 4.78 is 15.6. The van der Waals surface area contributed by atoms with Crippen LogP contribution >= 0.6 is 11.8 Å². The number of hydrogen-bond acceptors (Lipinski definition) is 6. The van der Waals surface area contributed by atoms with Crippen molar-refractivity contribution in [3.05, 3.63) is 0 Å². The number of esters is 1. The minimum Gasteiger partial charge on any atom is -0.458 e.